The van der Waals surface area contributed by atoms with Gasteiger partial charge in [-0.1, -0.05) is 6.07 Å². The van der Waals surface area contributed by atoms with Gasteiger partial charge >= 0.3 is 6.01 Å². The van der Waals surface area contributed by atoms with E-state index in [0.29, 0.717) is 24.2 Å². The molecule has 7 rings (SSSR count). The number of fused-ring (bicyclic) bond motifs is 3. The first kappa shape index (κ1) is 26.2. The fourth-order valence-corrected chi connectivity index (χ4v) is 6.84. The van der Waals surface area contributed by atoms with Gasteiger partial charge in [0.25, 0.3) is 0 Å². The molecule has 2 aromatic heterocycles. The van der Waals surface area contributed by atoms with Gasteiger partial charge in [-0.2, -0.15) is 9.97 Å². The van der Waals surface area contributed by atoms with Crippen LogP contribution in [0.25, 0.3) is 32.9 Å². The van der Waals surface area contributed by atoms with Gasteiger partial charge < -0.3 is 14.7 Å². The Morgan fingerprint density at radius 2 is 1.83 bits per heavy atom. The van der Waals surface area contributed by atoms with Crippen molar-refractivity contribution < 1.29 is 27.4 Å². The molecule has 1 N–H and O–H groups in total. The number of alkyl halides is 1. The molecular formula is C30H29F4N5O2. The number of piperidine rings is 1. The minimum Gasteiger partial charge on any atom is -0.508 e. The molecule has 3 aliphatic rings. The summed E-state index contributed by atoms with van der Waals surface area (Å²) in [5, 5.41) is 10.7. The zero-order valence-electron chi connectivity index (χ0n) is 22.3. The van der Waals surface area contributed by atoms with Crippen molar-refractivity contribution in [3.63, 3.8) is 0 Å². The van der Waals surface area contributed by atoms with Crippen molar-refractivity contribution >= 4 is 27.5 Å². The molecule has 5 heterocycles. The van der Waals surface area contributed by atoms with Gasteiger partial charge in [0.2, 0.25) is 0 Å². The molecule has 7 nitrogen and oxygen atoms in total. The van der Waals surface area contributed by atoms with Crippen LogP contribution in [0.4, 0.5) is 23.4 Å². The van der Waals surface area contributed by atoms with Crippen molar-refractivity contribution in [3.8, 4) is 23.0 Å². The Bertz CT molecular complexity index is 1660. The molecule has 11 heteroatoms. The highest BCUT2D eigenvalue weighted by molar-refractivity contribution is 6.00. The van der Waals surface area contributed by atoms with Gasteiger partial charge in [0.05, 0.1) is 10.9 Å². The quantitative estimate of drug-likeness (QED) is 0.301. The van der Waals surface area contributed by atoms with Crippen LogP contribution < -0.4 is 9.64 Å². The first-order chi connectivity index (χ1) is 19.8. The van der Waals surface area contributed by atoms with E-state index in [1.54, 1.807) is 0 Å². The lowest BCUT2D eigenvalue weighted by molar-refractivity contribution is 0.107. The molecule has 214 valence electrons. The minimum absolute atomic E-state index is 0.0318. The van der Waals surface area contributed by atoms with Crippen molar-refractivity contribution in [2.75, 3.05) is 37.7 Å². The largest absolute Gasteiger partial charge is 0.508 e. The average Bonchev–Trinajstić information content (AvgIpc) is 3.49. The van der Waals surface area contributed by atoms with Crippen molar-refractivity contribution in [2.45, 2.75) is 50.2 Å². The summed E-state index contributed by atoms with van der Waals surface area (Å²) in [6.07, 6.45) is 5.60. The van der Waals surface area contributed by atoms with Crippen LogP contribution in [0.3, 0.4) is 0 Å². The summed E-state index contributed by atoms with van der Waals surface area (Å²) in [5.41, 5.74) is -0.900. The molecular weight excluding hydrogens is 538 g/mol. The van der Waals surface area contributed by atoms with E-state index >= 15 is 4.39 Å². The maximum atomic E-state index is 16.4. The second-order valence-electron chi connectivity index (χ2n) is 11.4. The molecule has 0 radical (unpaired) electrons. The number of nitrogens with zero attached hydrogens (tertiary/aromatic N) is 5. The van der Waals surface area contributed by atoms with Gasteiger partial charge in [-0.3, -0.25) is 9.88 Å². The lowest BCUT2D eigenvalue weighted by Gasteiger charge is -2.31. The Kier molecular flexibility index (Phi) is 6.37. The summed E-state index contributed by atoms with van der Waals surface area (Å²) in [6.45, 7) is 2.80. The van der Waals surface area contributed by atoms with E-state index in [4.69, 9.17) is 4.74 Å². The molecule has 41 heavy (non-hydrogen) atoms. The predicted molar refractivity (Wildman–Crippen MR) is 146 cm³/mol. The van der Waals surface area contributed by atoms with Crippen LogP contribution in [0.15, 0.2) is 30.5 Å². The smallest absolute Gasteiger partial charge is 0.319 e. The third kappa shape index (κ3) is 4.41. The highest BCUT2D eigenvalue weighted by Gasteiger charge is 2.49. The monoisotopic (exact) mass is 567 g/mol. The standard InChI is InChI=1S/C30H29F4N5O2/c31-18-13-30(7-4-10-39(30)15-18)16-41-29-36-27-21(28(37-29)38-8-2-1-3-9-38)14-35-26(25(27)34)20-12-19(40)11-17-5-6-22(32)24(33)23(17)20/h5-6,11-12,14,18,40H,1-4,7-10,13,15-16H2/t18-,30+/m1/s1. The van der Waals surface area contributed by atoms with Crippen molar-refractivity contribution in [1.29, 1.82) is 0 Å². The van der Waals surface area contributed by atoms with E-state index in [-0.39, 0.29) is 45.9 Å². The number of aromatic hydroxyl groups is 1. The van der Waals surface area contributed by atoms with E-state index in [1.165, 1.54) is 18.3 Å². The highest BCUT2D eigenvalue weighted by Crippen LogP contribution is 2.41. The van der Waals surface area contributed by atoms with E-state index in [9.17, 15) is 18.3 Å². The number of phenolic OH excluding ortho intramolecular Hbond substituents is 1. The average molecular weight is 568 g/mol. The lowest BCUT2D eigenvalue weighted by Crippen LogP contribution is -2.43. The Labute approximate surface area is 233 Å². The van der Waals surface area contributed by atoms with Crippen molar-refractivity contribution in [2.24, 2.45) is 0 Å². The van der Waals surface area contributed by atoms with E-state index in [2.05, 4.69) is 19.9 Å². The number of halogens is 4. The molecule has 2 aromatic carbocycles. The topological polar surface area (TPSA) is 74.6 Å². The zero-order valence-corrected chi connectivity index (χ0v) is 22.3. The van der Waals surface area contributed by atoms with Gasteiger partial charge in [0.1, 0.15) is 35.6 Å². The van der Waals surface area contributed by atoms with Crippen molar-refractivity contribution in [1.82, 2.24) is 19.9 Å². The van der Waals surface area contributed by atoms with E-state index in [1.807, 2.05) is 4.90 Å². The minimum atomic E-state index is -1.16. The number of ether oxygens (including phenoxy) is 1. The molecule has 3 aliphatic heterocycles. The number of benzene rings is 2. The van der Waals surface area contributed by atoms with Crippen LogP contribution >= 0.6 is 0 Å². The fraction of sp³-hybridized carbons (Fsp3) is 0.433. The Balaban J connectivity index is 1.36. The molecule has 0 saturated carbocycles. The Hall–Kier alpha value is -3.73. The van der Waals surface area contributed by atoms with E-state index in [0.717, 1.165) is 63.9 Å². The van der Waals surface area contributed by atoms with Gasteiger partial charge in [-0.25, -0.2) is 17.6 Å². The maximum Gasteiger partial charge on any atom is 0.319 e. The fourth-order valence-electron chi connectivity index (χ4n) is 6.84. The van der Waals surface area contributed by atoms with Crippen LogP contribution in [0, 0.1) is 17.5 Å². The van der Waals surface area contributed by atoms with Crippen molar-refractivity contribution in [3.05, 3.63) is 47.9 Å². The number of hydrogen-bond acceptors (Lipinski definition) is 7. The molecule has 0 aliphatic carbocycles. The summed E-state index contributed by atoms with van der Waals surface area (Å²) in [6, 6.07) is 4.67. The summed E-state index contributed by atoms with van der Waals surface area (Å²) in [7, 11) is 0. The first-order valence-corrected chi connectivity index (χ1v) is 14.1. The van der Waals surface area contributed by atoms with Crippen LogP contribution in [-0.2, 0) is 0 Å². The number of aromatic nitrogens is 3. The van der Waals surface area contributed by atoms with Gasteiger partial charge in [0, 0.05) is 43.2 Å². The molecule has 0 bridgehead atoms. The third-order valence-electron chi connectivity index (χ3n) is 8.78. The number of pyridine rings is 1. The van der Waals surface area contributed by atoms with Crippen LogP contribution in [0.5, 0.6) is 11.8 Å². The number of hydrogen-bond donors (Lipinski definition) is 1. The zero-order chi connectivity index (χ0) is 28.3. The van der Waals surface area contributed by atoms with E-state index < -0.39 is 29.2 Å². The molecule has 3 fully saturated rings. The second kappa shape index (κ2) is 9.97. The summed E-state index contributed by atoms with van der Waals surface area (Å²) >= 11 is 0. The normalized spacial score (nSPS) is 23.0. The molecule has 0 spiro atoms. The first-order valence-electron chi connectivity index (χ1n) is 14.1. The number of phenols is 1. The highest BCUT2D eigenvalue weighted by atomic mass is 19.2. The molecule has 3 saturated heterocycles. The molecule has 0 amide bonds. The predicted octanol–water partition coefficient (Wildman–Crippen LogP) is 5.91. The van der Waals surface area contributed by atoms with Crippen LogP contribution in [0.1, 0.15) is 38.5 Å². The second-order valence-corrected chi connectivity index (χ2v) is 11.4. The SMILES string of the molecule is Oc1cc(-c2ncc3c(N4CCCCC4)nc(OC[C@@]45CCCN4C[C@H](F)C5)nc3c2F)c2c(F)c(F)ccc2c1. The Morgan fingerprint density at radius 3 is 2.66 bits per heavy atom. The summed E-state index contributed by atoms with van der Waals surface area (Å²) < 4.78 is 66.0. The van der Waals surface area contributed by atoms with Gasteiger partial charge in [0.15, 0.2) is 17.5 Å². The summed E-state index contributed by atoms with van der Waals surface area (Å²) in [5.74, 6) is -2.89. The lowest BCUT2D eigenvalue weighted by atomic mass is 9.95. The Morgan fingerprint density at radius 1 is 1.00 bits per heavy atom. The van der Waals surface area contributed by atoms with Crippen LogP contribution in [-0.4, -0.2) is 69.5 Å². The number of rotatable bonds is 5. The molecule has 4 aromatic rings. The number of anilines is 1. The van der Waals surface area contributed by atoms with Crippen LogP contribution in [0.2, 0.25) is 0 Å². The molecule has 2 atom stereocenters. The molecule has 0 unspecified atom stereocenters. The third-order valence-corrected chi connectivity index (χ3v) is 8.78. The summed E-state index contributed by atoms with van der Waals surface area (Å²) in [4.78, 5) is 17.6. The van der Waals surface area contributed by atoms with Gasteiger partial charge in [-0.05, 0) is 62.2 Å². The maximum absolute atomic E-state index is 16.4. The van der Waals surface area contributed by atoms with Gasteiger partial charge in [-0.15, -0.1) is 0 Å².